The van der Waals surface area contributed by atoms with Crippen LogP contribution < -0.4 is 5.32 Å². The van der Waals surface area contributed by atoms with Gasteiger partial charge in [-0.25, -0.2) is 4.57 Å². The number of aliphatic hydroxyl groups excluding tert-OH is 2. The van der Waals surface area contributed by atoms with E-state index < -0.39 is 49.1 Å². The van der Waals surface area contributed by atoms with Crippen molar-refractivity contribution in [2.24, 2.45) is 5.92 Å². The fraction of sp³-hybridized carbons (Fsp3) is 0.944. The number of nitrogens with one attached hydrogen (secondary N) is 1. The Morgan fingerprint density at radius 3 is 2.55 bits per heavy atom. The number of rotatable bonds is 9. The number of phosphoric ester groups is 1. The molecule has 0 aromatic carbocycles. The summed E-state index contributed by atoms with van der Waals surface area (Å²) in [7, 11) is -3.04. The van der Waals surface area contributed by atoms with Crippen molar-refractivity contribution in [3.8, 4) is 0 Å². The van der Waals surface area contributed by atoms with Crippen molar-refractivity contribution in [3.63, 3.8) is 0 Å². The first kappa shape index (κ1) is 27.3. The minimum Gasteiger partial charge on any atom is -0.388 e. The molecule has 0 spiro atoms. The molecule has 1 amide bonds. The minimum absolute atomic E-state index is 0.238. The number of likely N-dealkylation sites (N-methyl/N-ethyl adjacent to an activating group) is 1. The predicted molar refractivity (Wildman–Crippen MR) is 118 cm³/mol. The number of thioether (sulfide) groups is 1. The Morgan fingerprint density at radius 1 is 1.39 bits per heavy atom. The van der Waals surface area contributed by atoms with Crippen molar-refractivity contribution in [2.45, 2.75) is 80.4 Å². The van der Waals surface area contributed by atoms with Crippen LogP contribution in [0.25, 0.3) is 0 Å². The highest BCUT2D eigenvalue weighted by molar-refractivity contribution is 7.99. The van der Waals surface area contributed by atoms with Gasteiger partial charge in [0.1, 0.15) is 29.9 Å². The molecule has 3 unspecified atom stereocenters. The normalized spacial score (nSPS) is 36.9. The Balaban J connectivity index is 2.15. The lowest BCUT2D eigenvalue weighted by Crippen LogP contribution is -2.65. The van der Waals surface area contributed by atoms with E-state index in [1.807, 2.05) is 11.9 Å². The molecule has 0 aromatic heterocycles. The largest absolute Gasteiger partial charge is 0.470 e. The van der Waals surface area contributed by atoms with Crippen molar-refractivity contribution in [1.29, 1.82) is 0 Å². The van der Waals surface area contributed by atoms with Gasteiger partial charge >= 0.3 is 7.82 Å². The molecule has 2 heterocycles. The van der Waals surface area contributed by atoms with Crippen LogP contribution in [0.5, 0.6) is 0 Å². The lowest BCUT2D eigenvalue weighted by atomic mass is 9.92. The van der Waals surface area contributed by atoms with Crippen LogP contribution in [0, 0.1) is 5.92 Å². The standard InChI is InChI=1S/C18H34ClN2O8PS/c1-5-6-10-7-11(21(3)8-10)17(24)20-12(9(2)19)15-13(22)14(23)16(18(28-15)31-4)29-30(25,26)27/h9-16,18,22-23H,5-8H2,1-4H3,(H,20,24)(H2,25,26,27)/t9-,10+,11?,12-,13-,14?,15-,16?,18-/m1/s1. The Labute approximate surface area is 192 Å². The zero-order valence-electron chi connectivity index (χ0n) is 18.1. The summed E-state index contributed by atoms with van der Waals surface area (Å²) in [6.45, 7) is 4.57. The second kappa shape index (κ2) is 11.5. The SMILES string of the molecule is CCC[C@H]1CC(C(=O)N[C@@H]([C@H]2O[C@H](SC)C(OP(=O)(O)O)C(O)[C@H]2O)[C@@H](C)Cl)N(C)C1. The first-order chi connectivity index (χ1) is 14.4. The van der Waals surface area contributed by atoms with Crippen LogP contribution in [0.2, 0.25) is 0 Å². The summed E-state index contributed by atoms with van der Waals surface area (Å²) in [6, 6.07) is -1.18. The number of alkyl halides is 1. The molecule has 0 bridgehead atoms. The van der Waals surface area contributed by atoms with E-state index in [1.54, 1.807) is 13.2 Å². The first-order valence-electron chi connectivity index (χ1n) is 10.3. The Morgan fingerprint density at radius 2 is 2.03 bits per heavy atom. The summed E-state index contributed by atoms with van der Waals surface area (Å²) < 4.78 is 21.7. The number of phosphoric acid groups is 1. The number of hydrogen-bond acceptors (Lipinski definition) is 8. The number of ether oxygens (including phenoxy) is 1. The van der Waals surface area contributed by atoms with Crippen LogP contribution in [0.3, 0.4) is 0 Å². The van der Waals surface area contributed by atoms with E-state index in [0.29, 0.717) is 5.92 Å². The molecule has 0 radical (unpaired) electrons. The molecule has 9 atom stereocenters. The molecule has 182 valence electrons. The number of nitrogens with zero attached hydrogens (tertiary/aromatic N) is 1. The van der Waals surface area contributed by atoms with Gasteiger partial charge in [0.15, 0.2) is 0 Å². The summed E-state index contributed by atoms with van der Waals surface area (Å²) >= 11 is 7.38. The summed E-state index contributed by atoms with van der Waals surface area (Å²) in [6.07, 6.45) is -1.37. The summed E-state index contributed by atoms with van der Waals surface area (Å²) in [4.78, 5) is 33.3. The third-order valence-electron chi connectivity index (χ3n) is 5.87. The van der Waals surface area contributed by atoms with E-state index in [2.05, 4.69) is 16.8 Å². The van der Waals surface area contributed by atoms with E-state index in [4.69, 9.17) is 26.1 Å². The van der Waals surface area contributed by atoms with E-state index in [0.717, 1.165) is 37.6 Å². The van der Waals surface area contributed by atoms with Gasteiger partial charge < -0.3 is 30.1 Å². The molecule has 2 aliphatic rings. The Kier molecular flexibility index (Phi) is 10.1. The number of carbonyl (C=O) groups is 1. The van der Waals surface area contributed by atoms with Gasteiger partial charge in [-0.15, -0.1) is 23.4 Å². The maximum Gasteiger partial charge on any atom is 0.470 e. The van der Waals surface area contributed by atoms with E-state index in [9.17, 15) is 19.6 Å². The molecule has 2 saturated heterocycles. The molecule has 2 aliphatic heterocycles. The molecule has 2 rings (SSSR count). The smallest absolute Gasteiger partial charge is 0.388 e. The van der Waals surface area contributed by atoms with E-state index >= 15 is 0 Å². The van der Waals surface area contributed by atoms with Gasteiger partial charge in [0.25, 0.3) is 0 Å². The quantitative estimate of drug-likeness (QED) is 0.222. The van der Waals surface area contributed by atoms with Gasteiger partial charge in [0.2, 0.25) is 5.91 Å². The summed E-state index contributed by atoms with van der Waals surface area (Å²) in [5, 5.41) is 23.4. The number of hydrogen-bond donors (Lipinski definition) is 5. The fourth-order valence-electron chi connectivity index (χ4n) is 4.37. The molecule has 2 fully saturated rings. The first-order valence-corrected chi connectivity index (χ1v) is 13.6. The molecule has 0 aromatic rings. The maximum absolute atomic E-state index is 13.0. The third-order valence-corrected chi connectivity index (χ3v) is 7.50. The lowest BCUT2D eigenvalue weighted by Gasteiger charge is -2.45. The molecule has 5 N–H and O–H groups in total. The second-order valence-electron chi connectivity index (χ2n) is 8.30. The molecular weight excluding hydrogens is 471 g/mol. The molecule has 31 heavy (non-hydrogen) atoms. The molecule has 0 saturated carbocycles. The van der Waals surface area contributed by atoms with Crippen molar-refractivity contribution >= 4 is 37.1 Å². The van der Waals surface area contributed by atoms with E-state index in [-0.39, 0.29) is 11.9 Å². The monoisotopic (exact) mass is 504 g/mol. The van der Waals surface area contributed by atoms with Crippen LogP contribution >= 0.6 is 31.2 Å². The highest BCUT2D eigenvalue weighted by Crippen LogP contribution is 2.43. The topological polar surface area (TPSA) is 149 Å². The molecule has 10 nitrogen and oxygen atoms in total. The molecule has 13 heteroatoms. The van der Waals surface area contributed by atoms with Gasteiger partial charge in [-0.3, -0.25) is 14.2 Å². The average Bonchev–Trinajstić information content (AvgIpc) is 3.03. The van der Waals surface area contributed by atoms with Gasteiger partial charge in [0.05, 0.1) is 17.5 Å². The third kappa shape index (κ3) is 7.02. The number of likely N-dealkylation sites (tertiary alicyclic amines) is 1. The van der Waals surface area contributed by atoms with Crippen LogP contribution in [0.4, 0.5) is 0 Å². The zero-order chi connectivity index (χ0) is 23.5. The Hall–Kier alpha value is 0.0600. The number of carbonyl (C=O) groups excluding carboxylic acids is 1. The van der Waals surface area contributed by atoms with E-state index in [1.165, 1.54) is 0 Å². The minimum atomic E-state index is -4.93. The van der Waals surface area contributed by atoms with Crippen molar-refractivity contribution in [2.75, 3.05) is 19.8 Å². The van der Waals surface area contributed by atoms with Crippen LogP contribution in [0.1, 0.15) is 33.1 Å². The van der Waals surface area contributed by atoms with Crippen LogP contribution in [-0.4, -0.2) is 98.0 Å². The number of amides is 1. The Bertz CT molecular complexity index is 654. The van der Waals surface area contributed by atoms with Crippen molar-refractivity contribution in [1.82, 2.24) is 10.2 Å². The van der Waals surface area contributed by atoms with Crippen LogP contribution in [-0.2, 0) is 18.6 Å². The summed E-state index contributed by atoms with van der Waals surface area (Å²) in [5.74, 6) is 0.195. The van der Waals surface area contributed by atoms with Crippen molar-refractivity contribution in [3.05, 3.63) is 0 Å². The van der Waals surface area contributed by atoms with Gasteiger partial charge in [0, 0.05) is 6.54 Å². The molecular formula is C18H34ClN2O8PS. The van der Waals surface area contributed by atoms with Gasteiger partial charge in [-0.05, 0) is 39.0 Å². The van der Waals surface area contributed by atoms with Gasteiger partial charge in [-0.1, -0.05) is 13.3 Å². The summed E-state index contributed by atoms with van der Waals surface area (Å²) in [5.41, 5.74) is -0.992. The second-order valence-corrected chi connectivity index (χ2v) is 11.1. The molecule has 0 aliphatic carbocycles. The lowest BCUT2D eigenvalue weighted by molar-refractivity contribution is -0.201. The maximum atomic E-state index is 13.0. The zero-order valence-corrected chi connectivity index (χ0v) is 20.6. The van der Waals surface area contributed by atoms with Crippen molar-refractivity contribution < 1.29 is 38.6 Å². The van der Waals surface area contributed by atoms with Gasteiger partial charge in [-0.2, -0.15) is 0 Å². The average molecular weight is 505 g/mol. The predicted octanol–water partition coefficient (Wildman–Crippen LogP) is 0.506. The fourth-order valence-corrected chi connectivity index (χ4v) is 5.93. The number of aliphatic hydroxyl groups is 2. The highest BCUT2D eigenvalue weighted by Gasteiger charge is 2.51. The number of halogens is 1. The highest BCUT2D eigenvalue weighted by atomic mass is 35.5. The van der Waals surface area contributed by atoms with Crippen LogP contribution in [0.15, 0.2) is 0 Å².